The number of carbonyl (C=O) groups is 2. The molecule has 1 N–H and O–H groups in total. The SMILES string of the molecule is O=C(NC1CCOCC1)[C@@H]1CC(=O)N(Cc2ccncc2)C1. The first-order valence-electron chi connectivity index (χ1n) is 7.77. The number of likely N-dealkylation sites (tertiary alicyclic amines) is 1. The van der Waals surface area contributed by atoms with Gasteiger partial charge in [-0.3, -0.25) is 14.6 Å². The zero-order chi connectivity index (χ0) is 15.4. The lowest BCUT2D eigenvalue weighted by Gasteiger charge is -2.24. The van der Waals surface area contributed by atoms with E-state index < -0.39 is 0 Å². The highest BCUT2D eigenvalue weighted by atomic mass is 16.5. The number of nitrogens with one attached hydrogen (secondary N) is 1. The van der Waals surface area contributed by atoms with Gasteiger partial charge >= 0.3 is 0 Å². The maximum Gasteiger partial charge on any atom is 0.225 e. The summed E-state index contributed by atoms with van der Waals surface area (Å²) in [6, 6.07) is 3.97. The Morgan fingerprint density at radius 1 is 1.32 bits per heavy atom. The summed E-state index contributed by atoms with van der Waals surface area (Å²) in [4.78, 5) is 30.1. The quantitative estimate of drug-likeness (QED) is 0.890. The summed E-state index contributed by atoms with van der Waals surface area (Å²) in [7, 11) is 0. The maximum atomic E-state index is 12.3. The molecule has 3 rings (SSSR count). The zero-order valence-electron chi connectivity index (χ0n) is 12.5. The Labute approximate surface area is 129 Å². The van der Waals surface area contributed by atoms with Crippen molar-refractivity contribution in [3.8, 4) is 0 Å². The molecule has 1 atom stereocenters. The average Bonchev–Trinajstić information content (AvgIpc) is 2.90. The van der Waals surface area contributed by atoms with Gasteiger partial charge in [0.2, 0.25) is 11.8 Å². The molecule has 2 aliphatic heterocycles. The fourth-order valence-electron chi connectivity index (χ4n) is 2.97. The van der Waals surface area contributed by atoms with E-state index in [2.05, 4.69) is 10.3 Å². The lowest BCUT2D eigenvalue weighted by Crippen LogP contribution is -2.42. The first-order valence-corrected chi connectivity index (χ1v) is 7.77. The minimum absolute atomic E-state index is 0.00233. The van der Waals surface area contributed by atoms with Crippen LogP contribution in [0.25, 0.3) is 0 Å². The Balaban J connectivity index is 1.53. The highest BCUT2D eigenvalue weighted by Gasteiger charge is 2.35. The minimum Gasteiger partial charge on any atom is -0.381 e. The predicted octanol–water partition coefficient (Wildman–Crippen LogP) is 0.725. The highest BCUT2D eigenvalue weighted by molar-refractivity contribution is 5.89. The van der Waals surface area contributed by atoms with Crippen LogP contribution in [0.1, 0.15) is 24.8 Å². The molecular weight excluding hydrogens is 282 g/mol. The molecule has 2 aliphatic rings. The number of nitrogens with zero attached hydrogens (tertiary/aromatic N) is 2. The molecule has 0 radical (unpaired) electrons. The number of pyridine rings is 1. The van der Waals surface area contributed by atoms with E-state index in [1.807, 2.05) is 12.1 Å². The van der Waals surface area contributed by atoms with Crippen molar-refractivity contribution in [3.63, 3.8) is 0 Å². The van der Waals surface area contributed by atoms with Crippen molar-refractivity contribution >= 4 is 11.8 Å². The smallest absolute Gasteiger partial charge is 0.225 e. The van der Waals surface area contributed by atoms with Gasteiger partial charge in [0.05, 0.1) is 5.92 Å². The molecule has 0 bridgehead atoms. The van der Waals surface area contributed by atoms with Crippen molar-refractivity contribution < 1.29 is 14.3 Å². The second kappa shape index (κ2) is 6.87. The Kier molecular flexibility index (Phi) is 4.68. The lowest BCUT2D eigenvalue weighted by atomic mass is 10.0. The first kappa shape index (κ1) is 15.0. The van der Waals surface area contributed by atoms with Crippen molar-refractivity contribution in [2.24, 2.45) is 5.92 Å². The predicted molar refractivity (Wildman–Crippen MR) is 79.7 cm³/mol. The van der Waals surface area contributed by atoms with E-state index in [1.165, 1.54) is 0 Å². The van der Waals surface area contributed by atoms with Crippen LogP contribution in [0.2, 0.25) is 0 Å². The summed E-state index contributed by atoms with van der Waals surface area (Å²) >= 11 is 0. The Hall–Kier alpha value is -1.95. The van der Waals surface area contributed by atoms with Gasteiger partial charge in [-0.05, 0) is 30.5 Å². The molecule has 2 fully saturated rings. The topological polar surface area (TPSA) is 71.5 Å². The van der Waals surface area contributed by atoms with E-state index in [0.717, 1.165) is 18.4 Å². The molecule has 2 saturated heterocycles. The largest absolute Gasteiger partial charge is 0.381 e. The molecule has 2 amide bonds. The second-order valence-corrected chi connectivity index (χ2v) is 5.93. The number of hydrogen-bond acceptors (Lipinski definition) is 4. The van der Waals surface area contributed by atoms with Crippen molar-refractivity contribution in [2.75, 3.05) is 19.8 Å². The van der Waals surface area contributed by atoms with Crippen molar-refractivity contribution in [1.29, 1.82) is 0 Å². The molecular formula is C16H21N3O3. The summed E-state index contributed by atoms with van der Waals surface area (Å²) in [6.45, 7) is 2.43. The van der Waals surface area contributed by atoms with Crippen LogP contribution in [0.15, 0.2) is 24.5 Å². The highest BCUT2D eigenvalue weighted by Crippen LogP contribution is 2.21. The molecule has 1 aromatic heterocycles. The molecule has 0 saturated carbocycles. The second-order valence-electron chi connectivity index (χ2n) is 5.93. The minimum atomic E-state index is -0.239. The Morgan fingerprint density at radius 2 is 2.05 bits per heavy atom. The standard InChI is InChI=1S/C16H21N3O3/c20-15-9-13(16(21)18-14-3-7-22-8-4-14)11-19(15)10-12-1-5-17-6-2-12/h1-2,5-6,13-14H,3-4,7-11H2,(H,18,21)/t13-/m1/s1. The number of rotatable bonds is 4. The molecule has 0 aliphatic carbocycles. The average molecular weight is 303 g/mol. The Bertz CT molecular complexity index is 529. The van der Waals surface area contributed by atoms with Crippen LogP contribution in [-0.4, -0.2) is 47.5 Å². The number of amides is 2. The van der Waals surface area contributed by atoms with Crippen molar-refractivity contribution in [3.05, 3.63) is 30.1 Å². The van der Waals surface area contributed by atoms with E-state index in [-0.39, 0.29) is 23.8 Å². The molecule has 0 aromatic carbocycles. The van der Waals surface area contributed by atoms with Gasteiger partial charge in [-0.25, -0.2) is 0 Å². The summed E-state index contributed by atoms with van der Waals surface area (Å²) in [5, 5.41) is 3.06. The molecule has 3 heterocycles. The van der Waals surface area contributed by atoms with Gasteiger partial charge in [0.1, 0.15) is 0 Å². The van der Waals surface area contributed by atoms with Crippen LogP contribution in [0.4, 0.5) is 0 Å². The van der Waals surface area contributed by atoms with Crippen LogP contribution in [0.5, 0.6) is 0 Å². The van der Waals surface area contributed by atoms with Crippen LogP contribution < -0.4 is 5.32 Å². The molecule has 22 heavy (non-hydrogen) atoms. The first-order chi connectivity index (χ1) is 10.7. The fourth-order valence-corrected chi connectivity index (χ4v) is 2.97. The summed E-state index contributed by atoms with van der Waals surface area (Å²) in [6.07, 6.45) is 5.44. The van der Waals surface area contributed by atoms with Crippen molar-refractivity contribution in [1.82, 2.24) is 15.2 Å². The van der Waals surface area contributed by atoms with E-state index in [1.54, 1.807) is 17.3 Å². The van der Waals surface area contributed by atoms with Gasteiger partial charge in [0.15, 0.2) is 0 Å². The van der Waals surface area contributed by atoms with Gasteiger partial charge < -0.3 is 15.0 Å². The summed E-state index contributed by atoms with van der Waals surface area (Å²) < 4.78 is 5.29. The third kappa shape index (κ3) is 3.62. The summed E-state index contributed by atoms with van der Waals surface area (Å²) in [5.74, 6) is -0.196. The van der Waals surface area contributed by atoms with Gasteiger partial charge in [-0.2, -0.15) is 0 Å². The molecule has 6 nitrogen and oxygen atoms in total. The fraction of sp³-hybridized carbons (Fsp3) is 0.562. The van der Waals surface area contributed by atoms with Crippen LogP contribution in [0, 0.1) is 5.92 Å². The third-order valence-corrected chi connectivity index (χ3v) is 4.28. The zero-order valence-corrected chi connectivity index (χ0v) is 12.5. The molecule has 0 unspecified atom stereocenters. The van der Waals surface area contributed by atoms with Crippen LogP contribution in [-0.2, 0) is 20.9 Å². The molecule has 6 heteroatoms. The molecule has 118 valence electrons. The number of aromatic nitrogens is 1. The van der Waals surface area contributed by atoms with Crippen LogP contribution >= 0.6 is 0 Å². The van der Waals surface area contributed by atoms with Gasteiger partial charge in [0.25, 0.3) is 0 Å². The van der Waals surface area contributed by atoms with Gasteiger partial charge in [-0.1, -0.05) is 0 Å². The number of ether oxygens (including phenoxy) is 1. The van der Waals surface area contributed by atoms with Gasteiger partial charge in [-0.15, -0.1) is 0 Å². The lowest BCUT2D eigenvalue weighted by molar-refractivity contribution is -0.129. The third-order valence-electron chi connectivity index (χ3n) is 4.28. The molecule has 0 spiro atoms. The Morgan fingerprint density at radius 3 is 2.77 bits per heavy atom. The van der Waals surface area contributed by atoms with Crippen LogP contribution in [0.3, 0.4) is 0 Å². The van der Waals surface area contributed by atoms with E-state index in [4.69, 9.17) is 4.74 Å². The number of carbonyl (C=O) groups excluding carboxylic acids is 2. The monoisotopic (exact) mass is 303 g/mol. The van der Waals surface area contributed by atoms with E-state index in [9.17, 15) is 9.59 Å². The maximum absolute atomic E-state index is 12.3. The van der Waals surface area contributed by atoms with E-state index in [0.29, 0.717) is 32.7 Å². The number of hydrogen-bond donors (Lipinski definition) is 1. The van der Waals surface area contributed by atoms with Gasteiger partial charge in [0, 0.05) is 51.2 Å². The summed E-state index contributed by atoms with van der Waals surface area (Å²) in [5.41, 5.74) is 1.04. The molecule has 1 aromatic rings. The van der Waals surface area contributed by atoms with Crippen molar-refractivity contribution in [2.45, 2.75) is 31.8 Å². The normalized spacial score (nSPS) is 22.8. The van der Waals surface area contributed by atoms with E-state index >= 15 is 0 Å².